The van der Waals surface area contributed by atoms with Crippen LogP contribution in [-0.4, -0.2) is 18.3 Å². The standard InChI is InChI=1S/C17H21O5P/c1-3-20-23(19,21-4-2)17(18)14-9-8-12-16(13-14)22-15-10-6-5-7-11-15/h5-13,17-18H,3-4H2,1-2H3. The van der Waals surface area contributed by atoms with Crippen LogP contribution in [-0.2, 0) is 13.6 Å². The highest BCUT2D eigenvalue weighted by molar-refractivity contribution is 7.54. The fraction of sp³-hybridized carbons (Fsp3) is 0.294. The summed E-state index contributed by atoms with van der Waals surface area (Å²) in [4.78, 5) is 0. The van der Waals surface area contributed by atoms with Gasteiger partial charge in [-0.05, 0) is 43.7 Å². The van der Waals surface area contributed by atoms with Gasteiger partial charge in [-0.2, -0.15) is 0 Å². The van der Waals surface area contributed by atoms with Crippen LogP contribution in [0.1, 0.15) is 25.3 Å². The topological polar surface area (TPSA) is 65.0 Å². The van der Waals surface area contributed by atoms with E-state index in [1.807, 2.05) is 30.3 Å². The van der Waals surface area contributed by atoms with E-state index in [0.717, 1.165) is 0 Å². The second-order valence-electron chi connectivity index (χ2n) is 4.74. The lowest BCUT2D eigenvalue weighted by Crippen LogP contribution is -2.06. The molecule has 0 aliphatic carbocycles. The molecule has 0 aliphatic heterocycles. The van der Waals surface area contributed by atoms with E-state index in [-0.39, 0.29) is 13.2 Å². The second kappa shape index (κ2) is 8.27. The molecule has 0 saturated heterocycles. The smallest absolute Gasteiger partial charge is 0.363 e. The zero-order valence-electron chi connectivity index (χ0n) is 13.2. The summed E-state index contributed by atoms with van der Waals surface area (Å²) in [5.74, 6) is -0.147. The van der Waals surface area contributed by atoms with Crippen LogP contribution in [0.5, 0.6) is 11.5 Å². The number of hydrogen-bond donors (Lipinski definition) is 1. The summed E-state index contributed by atoms with van der Waals surface area (Å²) < 4.78 is 28.7. The van der Waals surface area contributed by atoms with E-state index >= 15 is 0 Å². The van der Waals surface area contributed by atoms with Gasteiger partial charge < -0.3 is 18.9 Å². The lowest BCUT2D eigenvalue weighted by Gasteiger charge is -2.22. The number of hydrogen-bond acceptors (Lipinski definition) is 5. The van der Waals surface area contributed by atoms with E-state index in [9.17, 15) is 9.67 Å². The van der Waals surface area contributed by atoms with Crippen molar-refractivity contribution in [2.24, 2.45) is 0 Å². The van der Waals surface area contributed by atoms with Gasteiger partial charge in [-0.3, -0.25) is 4.57 Å². The Kier molecular flexibility index (Phi) is 6.37. The summed E-state index contributed by atoms with van der Waals surface area (Å²) in [5.41, 5.74) is 0.420. The highest BCUT2D eigenvalue weighted by atomic mass is 31.2. The minimum atomic E-state index is -3.63. The molecule has 0 aromatic heterocycles. The molecule has 0 aliphatic rings. The van der Waals surface area contributed by atoms with Crippen LogP contribution < -0.4 is 4.74 Å². The van der Waals surface area contributed by atoms with E-state index in [1.165, 1.54) is 0 Å². The van der Waals surface area contributed by atoms with Crippen molar-refractivity contribution in [3.05, 3.63) is 60.2 Å². The molecule has 0 spiro atoms. The van der Waals surface area contributed by atoms with Gasteiger partial charge in [0.05, 0.1) is 13.2 Å². The molecule has 0 fully saturated rings. The van der Waals surface area contributed by atoms with E-state index < -0.39 is 13.4 Å². The first kappa shape index (κ1) is 17.7. The van der Waals surface area contributed by atoms with Crippen molar-refractivity contribution in [2.45, 2.75) is 19.7 Å². The molecular formula is C17H21O5P. The Morgan fingerprint density at radius 2 is 1.57 bits per heavy atom. The van der Waals surface area contributed by atoms with Gasteiger partial charge >= 0.3 is 7.60 Å². The SMILES string of the molecule is CCOP(=O)(OCC)C(O)c1cccc(Oc2ccccc2)c1. The van der Waals surface area contributed by atoms with Crippen molar-refractivity contribution in [3.63, 3.8) is 0 Å². The fourth-order valence-electron chi connectivity index (χ4n) is 2.08. The fourth-order valence-corrected chi connectivity index (χ4v) is 3.69. The number of rotatable bonds is 8. The maximum Gasteiger partial charge on any atom is 0.363 e. The van der Waals surface area contributed by atoms with E-state index in [1.54, 1.807) is 38.1 Å². The van der Waals surface area contributed by atoms with Crippen LogP contribution in [0.2, 0.25) is 0 Å². The monoisotopic (exact) mass is 336 g/mol. The zero-order chi connectivity index (χ0) is 16.7. The molecule has 2 aromatic carbocycles. The van der Waals surface area contributed by atoms with Crippen LogP contribution in [0.3, 0.4) is 0 Å². The quantitative estimate of drug-likeness (QED) is 0.706. The summed E-state index contributed by atoms with van der Waals surface area (Å²) in [6, 6.07) is 16.1. The molecule has 6 heteroatoms. The van der Waals surface area contributed by atoms with Crippen LogP contribution in [0.4, 0.5) is 0 Å². The Morgan fingerprint density at radius 1 is 0.957 bits per heavy atom. The molecule has 0 saturated carbocycles. The van der Waals surface area contributed by atoms with Gasteiger partial charge in [0.2, 0.25) is 0 Å². The predicted octanol–water partition coefficient (Wildman–Crippen LogP) is 4.74. The van der Waals surface area contributed by atoms with Crippen molar-refractivity contribution < 1.29 is 23.5 Å². The van der Waals surface area contributed by atoms with Gasteiger partial charge in [0.1, 0.15) is 11.5 Å². The predicted molar refractivity (Wildman–Crippen MR) is 88.8 cm³/mol. The maximum absolute atomic E-state index is 12.6. The van der Waals surface area contributed by atoms with Gasteiger partial charge in [0.25, 0.3) is 0 Å². The number of benzene rings is 2. The zero-order valence-corrected chi connectivity index (χ0v) is 14.1. The summed E-state index contributed by atoms with van der Waals surface area (Å²) in [6.45, 7) is 3.78. The van der Waals surface area contributed by atoms with Crippen molar-refractivity contribution >= 4 is 7.60 Å². The Labute approximate surface area is 136 Å². The number of aliphatic hydroxyl groups excluding tert-OH is 1. The first-order valence-corrected chi connectivity index (χ1v) is 9.10. The second-order valence-corrected chi connectivity index (χ2v) is 6.82. The molecule has 2 rings (SSSR count). The molecule has 0 radical (unpaired) electrons. The molecule has 0 heterocycles. The van der Waals surface area contributed by atoms with Gasteiger partial charge in [0.15, 0.2) is 5.85 Å². The van der Waals surface area contributed by atoms with Gasteiger partial charge in [-0.25, -0.2) is 0 Å². The first-order chi connectivity index (χ1) is 11.1. The molecule has 5 nitrogen and oxygen atoms in total. The maximum atomic E-state index is 12.6. The minimum absolute atomic E-state index is 0.189. The van der Waals surface area contributed by atoms with E-state index in [2.05, 4.69) is 0 Å². The lowest BCUT2D eigenvalue weighted by atomic mass is 10.2. The molecule has 0 amide bonds. The Hall–Kier alpha value is -1.65. The van der Waals surface area contributed by atoms with E-state index in [4.69, 9.17) is 13.8 Å². The first-order valence-electron chi connectivity index (χ1n) is 7.48. The number of aliphatic hydroxyl groups is 1. The van der Waals surface area contributed by atoms with Crippen molar-refractivity contribution in [1.82, 2.24) is 0 Å². The van der Waals surface area contributed by atoms with Crippen LogP contribution in [0.15, 0.2) is 54.6 Å². The van der Waals surface area contributed by atoms with Gasteiger partial charge in [0, 0.05) is 0 Å². The van der Waals surface area contributed by atoms with Crippen LogP contribution in [0, 0.1) is 0 Å². The largest absolute Gasteiger partial charge is 0.457 e. The molecule has 2 aromatic rings. The number of para-hydroxylation sites is 1. The third-order valence-electron chi connectivity index (χ3n) is 3.05. The van der Waals surface area contributed by atoms with Crippen molar-refractivity contribution in [1.29, 1.82) is 0 Å². The molecule has 0 bridgehead atoms. The molecule has 124 valence electrons. The Morgan fingerprint density at radius 3 is 2.17 bits per heavy atom. The summed E-state index contributed by atoms with van der Waals surface area (Å²) in [7, 11) is -3.63. The van der Waals surface area contributed by atoms with Crippen LogP contribution in [0.25, 0.3) is 0 Å². The molecule has 1 atom stereocenters. The summed E-state index contributed by atoms with van der Waals surface area (Å²) >= 11 is 0. The normalized spacial score (nSPS) is 12.8. The molecule has 23 heavy (non-hydrogen) atoms. The van der Waals surface area contributed by atoms with Gasteiger partial charge in [-0.1, -0.05) is 30.3 Å². The van der Waals surface area contributed by atoms with E-state index in [0.29, 0.717) is 17.1 Å². The van der Waals surface area contributed by atoms with Crippen LogP contribution >= 0.6 is 7.60 Å². The van der Waals surface area contributed by atoms with Crippen molar-refractivity contribution in [3.8, 4) is 11.5 Å². The van der Waals surface area contributed by atoms with Crippen molar-refractivity contribution in [2.75, 3.05) is 13.2 Å². The average Bonchev–Trinajstić information content (AvgIpc) is 2.56. The molecule has 1 N–H and O–H groups in total. The van der Waals surface area contributed by atoms with Gasteiger partial charge in [-0.15, -0.1) is 0 Å². The number of ether oxygens (including phenoxy) is 1. The lowest BCUT2D eigenvalue weighted by molar-refractivity contribution is 0.150. The summed E-state index contributed by atoms with van der Waals surface area (Å²) in [6.07, 6.45) is 0. The molecule has 1 unspecified atom stereocenters. The third kappa shape index (κ3) is 4.66. The minimum Gasteiger partial charge on any atom is -0.457 e. The Balaban J connectivity index is 2.22. The Bertz CT molecular complexity index is 649. The highest BCUT2D eigenvalue weighted by Crippen LogP contribution is 2.59. The average molecular weight is 336 g/mol. The molecular weight excluding hydrogens is 315 g/mol. The third-order valence-corrected chi connectivity index (χ3v) is 5.19. The summed E-state index contributed by atoms with van der Waals surface area (Å²) in [5, 5.41) is 10.4. The highest BCUT2D eigenvalue weighted by Gasteiger charge is 2.35.